The lowest BCUT2D eigenvalue weighted by Gasteiger charge is -2.16. The average Bonchev–Trinajstić information content (AvgIpc) is 3.05. The zero-order valence-electron chi connectivity index (χ0n) is 15.2. The Labute approximate surface area is 159 Å². The lowest BCUT2D eigenvalue weighted by atomic mass is 10.1. The molecule has 2 aromatic carbocycles. The van der Waals surface area contributed by atoms with E-state index >= 15 is 0 Å². The predicted octanol–water partition coefficient (Wildman–Crippen LogP) is 4.55. The fraction of sp³-hybridized carbons (Fsp3) is 0.333. The molecule has 0 saturated carbocycles. The molecule has 2 aromatic rings. The molecule has 1 aliphatic rings. The molecule has 1 N–H and O–H groups in total. The van der Waals surface area contributed by atoms with Crippen LogP contribution < -0.4 is 10.2 Å². The Morgan fingerprint density at radius 1 is 1.12 bits per heavy atom. The van der Waals surface area contributed by atoms with Gasteiger partial charge >= 0.3 is 0 Å². The van der Waals surface area contributed by atoms with Gasteiger partial charge in [0.15, 0.2) is 0 Å². The van der Waals surface area contributed by atoms with Crippen molar-refractivity contribution in [2.75, 3.05) is 22.5 Å². The van der Waals surface area contributed by atoms with Crippen molar-refractivity contribution >= 4 is 35.0 Å². The molecule has 1 heterocycles. The summed E-state index contributed by atoms with van der Waals surface area (Å²) in [6, 6.07) is 13.9. The number of benzene rings is 2. The Hall–Kier alpha value is -2.27. The summed E-state index contributed by atoms with van der Waals surface area (Å²) in [4.78, 5) is 26.9. The smallest absolute Gasteiger partial charge is 0.227 e. The minimum absolute atomic E-state index is 0.00586. The van der Waals surface area contributed by atoms with Gasteiger partial charge in [-0.25, -0.2) is 0 Å². The number of nitrogens with one attached hydrogen (secondary N) is 1. The summed E-state index contributed by atoms with van der Waals surface area (Å²) in [7, 11) is 0. The second-order valence-corrected chi connectivity index (χ2v) is 7.76. The Bertz CT molecular complexity index is 802. The Kier molecular flexibility index (Phi) is 5.99. The van der Waals surface area contributed by atoms with Crippen LogP contribution in [0.2, 0.25) is 0 Å². The maximum Gasteiger partial charge on any atom is 0.227 e. The molecular weight excluding hydrogens is 344 g/mol. The van der Waals surface area contributed by atoms with E-state index in [4.69, 9.17) is 0 Å². The van der Waals surface area contributed by atoms with Gasteiger partial charge in [0.25, 0.3) is 0 Å². The molecule has 1 fully saturated rings. The highest BCUT2D eigenvalue weighted by atomic mass is 32.2. The number of amides is 2. The van der Waals surface area contributed by atoms with E-state index in [9.17, 15) is 9.59 Å². The van der Waals surface area contributed by atoms with Crippen molar-refractivity contribution in [2.24, 2.45) is 0 Å². The van der Waals surface area contributed by atoms with Crippen LogP contribution in [0.4, 0.5) is 11.4 Å². The summed E-state index contributed by atoms with van der Waals surface area (Å²) in [6.45, 7) is 4.98. The van der Waals surface area contributed by atoms with Crippen LogP contribution in [0.3, 0.4) is 0 Å². The molecule has 0 spiro atoms. The Balaban J connectivity index is 1.47. The molecule has 0 radical (unpaired) electrons. The topological polar surface area (TPSA) is 49.4 Å². The first-order valence-electron chi connectivity index (χ1n) is 8.93. The highest BCUT2D eigenvalue weighted by molar-refractivity contribution is 7.99. The molecule has 0 unspecified atom stereocenters. The molecule has 1 saturated heterocycles. The van der Waals surface area contributed by atoms with Gasteiger partial charge in [-0.15, -0.1) is 11.8 Å². The van der Waals surface area contributed by atoms with E-state index in [2.05, 4.69) is 37.4 Å². The summed E-state index contributed by atoms with van der Waals surface area (Å²) >= 11 is 1.70. The number of anilines is 2. The fourth-order valence-electron chi connectivity index (χ4n) is 2.93. The van der Waals surface area contributed by atoms with Gasteiger partial charge in [0.1, 0.15) is 0 Å². The number of aryl methyl sites for hydroxylation is 2. The number of thioether (sulfide) groups is 1. The number of nitrogens with zero attached hydrogens (tertiary/aromatic N) is 1. The van der Waals surface area contributed by atoms with Crippen LogP contribution in [0.25, 0.3) is 0 Å². The summed E-state index contributed by atoms with van der Waals surface area (Å²) < 4.78 is 0. The highest BCUT2D eigenvalue weighted by Gasteiger charge is 2.21. The Morgan fingerprint density at radius 3 is 2.54 bits per heavy atom. The molecule has 0 aliphatic carbocycles. The summed E-state index contributed by atoms with van der Waals surface area (Å²) in [5.41, 5.74) is 4.22. The molecule has 26 heavy (non-hydrogen) atoms. The quantitative estimate of drug-likeness (QED) is 0.761. The lowest BCUT2D eigenvalue weighted by molar-refractivity contribution is -0.117. The molecular formula is C21H24N2O2S. The minimum atomic E-state index is 0.00586. The molecule has 0 aromatic heterocycles. The maximum atomic E-state index is 12.1. The number of rotatable bonds is 6. The van der Waals surface area contributed by atoms with E-state index < -0.39 is 0 Å². The molecule has 3 rings (SSSR count). The normalized spacial score (nSPS) is 13.9. The number of carbonyl (C=O) groups is 2. The maximum absolute atomic E-state index is 12.1. The predicted molar refractivity (Wildman–Crippen MR) is 108 cm³/mol. The van der Waals surface area contributed by atoms with Crippen molar-refractivity contribution in [1.29, 1.82) is 0 Å². The van der Waals surface area contributed by atoms with Crippen LogP contribution in [-0.4, -0.2) is 24.1 Å². The molecule has 136 valence electrons. The molecule has 5 heteroatoms. The van der Waals surface area contributed by atoms with Gasteiger partial charge < -0.3 is 10.2 Å². The Morgan fingerprint density at radius 2 is 1.88 bits per heavy atom. The number of carbonyl (C=O) groups excluding carboxylic acids is 2. The number of hydrogen-bond acceptors (Lipinski definition) is 3. The van der Waals surface area contributed by atoms with Gasteiger partial charge in [0, 0.05) is 41.4 Å². The third-order valence-electron chi connectivity index (χ3n) is 4.61. The molecule has 0 bridgehead atoms. The molecule has 0 atom stereocenters. The lowest BCUT2D eigenvalue weighted by Crippen LogP contribution is -2.23. The van der Waals surface area contributed by atoms with Crippen molar-refractivity contribution in [2.45, 2.75) is 38.0 Å². The van der Waals surface area contributed by atoms with Crippen molar-refractivity contribution in [3.63, 3.8) is 0 Å². The highest BCUT2D eigenvalue weighted by Crippen LogP contribution is 2.24. The fourth-order valence-corrected chi connectivity index (χ4v) is 3.88. The average molecular weight is 369 g/mol. The van der Waals surface area contributed by atoms with Crippen LogP contribution in [0.5, 0.6) is 0 Å². The first-order valence-corrected chi connectivity index (χ1v) is 9.92. The molecule has 4 nitrogen and oxygen atoms in total. The third-order valence-corrected chi connectivity index (χ3v) is 5.61. The van der Waals surface area contributed by atoms with Gasteiger partial charge in [-0.3, -0.25) is 9.59 Å². The van der Waals surface area contributed by atoms with Crippen molar-refractivity contribution < 1.29 is 9.59 Å². The van der Waals surface area contributed by atoms with Gasteiger partial charge in [0.2, 0.25) is 11.8 Å². The van der Waals surface area contributed by atoms with Gasteiger partial charge in [-0.05, 0) is 67.8 Å². The third kappa shape index (κ3) is 4.67. The monoisotopic (exact) mass is 368 g/mol. The van der Waals surface area contributed by atoms with E-state index in [1.165, 1.54) is 16.0 Å². The minimum Gasteiger partial charge on any atom is -0.326 e. The van der Waals surface area contributed by atoms with E-state index in [-0.39, 0.29) is 11.8 Å². The van der Waals surface area contributed by atoms with Crippen LogP contribution in [0.1, 0.15) is 30.4 Å². The van der Waals surface area contributed by atoms with Gasteiger partial charge in [0.05, 0.1) is 0 Å². The number of hydrogen-bond donors (Lipinski definition) is 1. The van der Waals surface area contributed by atoms with Crippen molar-refractivity contribution in [1.82, 2.24) is 0 Å². The second-order valence-electron chi connectivity index (χ2n) is 6.59. The zero-order chi connectivity index (χ0) is 18.5. The SMILES string of the molecule is Cc1ccc(SCCC(=O)Nc2ccc(N3CCCC3=O)cc2)cc1C. The van der Waals surface area contributed by atoms with Crippen LogP contribution in [0.15, 0.2) is 47.4 Å². The zero-order valence-corrected chi connectivity index (χ0v) is 16.1. The first-order chi connectivity index (χ1) is 12.5. The molecule has 1 aliphatic heterocycles. The summed E-state index contributed by atoms with van der Waals surface area (Å²) in [5.74, 6) is 0.922. The van der Waals surface area contributed by atoms with Gasteiger partial charge in [-0.1, -0.05) is 6.07 Å². The summed E-state index contributed by atoms with van der Waals surface area (Å²) in [5, 5.41) is 2.92. The van der Waals surface area contributed by atoms with E-state index in [1.807, 2.05) is 24.3 Å². The standard InChI is InChI=1S/C21H24N2O2S/c1-15-5-10-19(14-16(15)2)26-13-11-20(24)22-17-6-8-18(9-7-17)23-12-3-4-21(23)25/h5-10,14H,3-4,11-13H2,1-2H3,(H,22,24). The summed E-state index contributed by atoms with van der Waals surface area (Å²) in [6.07, 6.45) is 2.00. The van der Waals surface area contributed by atoms with E-state index in [0.29, 0.717) is 12.8 Å². The largest absolute Gasteiger partial charge is 0.326 e. The van der Waals surface area contributed by atoms with Crippen molar-refractivity contribution in [3.05, 3.63) is 53.6 Å². The van der Waals surface area contributed by atoms with E-state index in [1.54, 1.807) is 16.7 Å². The van der Waals surface area contributed by atoms with Crippen LogP contribution in [-0.2, 0) is 9.59 Å². The first kappa shape index (κ1) is 18.5. The van der Waals surface area contributed by atoms with Crippen molar-refractivity contribution in [3.8, 4) is 0 Å². The molecule has 2 amide bonds. The van der Waals surface area contributed by atoms with E-state index in [0.717, 1.165) is 30.1 Å². The van der Waals surface area contributed by atoms with Crippen LogP contribution >= 0.6 is 11.8 Å². The van der Waals surface area contributed by atoms with Crippen LogP contribution in [0, 0.1) is 13.8 Å². The second kappa shape index (κ2) is 8.41. The van der Waals surface area contributed by atoms with Gasteiger partial charge in [-0.2, -0.15) is 0 Å².